The van der Waals surface area contributed by atoms with E-state index in [1.807, 2.05) is 0 Å². The van der Waals surface area contributed by atoms with Crippen LogP contribution in [-0.4, -0.2) is 22.3 Å². The van der Waals surface area contributed by atoms with E-state index in [4.69, 9.17) is 0 Å². The molecule has 0 spiro atoms. The smallest absolute Gasteiger partial charge is 0.347 e. The molecule has 0 N–H and O–H groups in total. The fourth-order valence-corrected chi connectivity index (χ4v) is 5.78. The van der Waals surface area contributed by atoms with Crippen LogP contribution in [0.1, 0.15) is 21.7 Å². The summed E-state index contributed by atoms with van der Waals surface area (Å²) in [5.41, 5.74) is -2.59. The fourth-order valence-electron chi connectivity index (χ4n) is 4.76. The fraction of sp³-hybridized carbons (Fsp3) is 0.231. The first kappa shape index (κ1) is 23.7. The van der Waals surface area contributed by atoms with Gasteiger partial charge in [-0.1, -0.05) is 30.3 Å². The molecule has 0 aliphatic heterocycles. The van der Waals surface area contributed by atoms with E-state index in [1.165, 1.54) is 48.7 Å². The summed E-state index contributed by atoms with van der Waals surface area (Å²) in [4.78, 5) is 0.440. The second-order valence-corrected chi connectivity index (χ2v) is 9.86. The van der Waals surface area contributed by atoms with Gasteiger partial charge in [-0.3, -0.25) is 0 Å². The Kier molecular flexibility index (Phi) is 5.05. The molecule has 9 heteroatoms. The van der Waals surface area contributed by atoms with Gasteiger partial charge in [-0.05, 0) is 49.2 Å². The summed E-state index contributed by atoms with van der Waals surface area (Å²) >= 11 is 0.945. The van der Waals surface area contributed by atoms with E-state index in [1.54, 1.807) is 19.2 Å². The first-order chi connectivity index (χ1) is 16.3. The predicted octanol–water partition coefficient (Wildman–Crippen LogP) is 8.49. The second kappa shape index (κ2) is 7.46. The van der Waals surface area contributed by atoms with E-state index in [9.17, 15) is 13.2 Å². The summed E-state index contributed by atoms with van der Waals surface area (Å²) in [6.07, 6.45) is 0. The third kappa shape index (κ3) is 3.06. The summed E-state index contributed by atoms with van der Waals surface area (Å²) in [7, 11) is 1.56. The Labute approximate surface area is 200 Å². The second-order valence-electron chi connectivity index (χ2n) is 8.60. The molecule has 0 bridgehead atoms. The number of allylic oxidation sites excluding steroid dienone is 2. The maximum Gasteiger partial charge on any atom is 0.380 e. The quantitative estimate of drug-likeness (QED) is 0.244. The van der Waals surface area contributed by atoms with Crippen molar-refractivity contribution in [2.45, 2.75) is 31.6 Å². The van der Waals surface area contributed by atoms with E-state index in [2.05, 4.69) is 0 Å². The monoisotopic (exact) mass is 509 g/mol. The average Bonchev–Trinajstić information content (AvgIpc) is 3.32. The van der Waals surface area contributed by atoms with Crippen molar-refractivity contribution in [3.05, 3.63) is 82.1 Å². The molecule has 1 aliphatic carbocycles. The molecular formula is C26H18F7NS. The van der Waals surface area contributed by atoms with Gasteiger partial charge in [0.25, 0.3) is 0 Å². The van der Waals surface area contributed by atoms with Crippen LogP contribution in [0, 0.1) is 19.7 Å². The molecule has 35 heavy (non-hydrogen) atoms. The van der Waals surface area contributed by atoms with Crippen LogP contribution in [0.3, 0.4) is 0 Å². The maximum atomic E-state index is 15.4. The molecule has 2 heterocycles. The normalized spacial score (nSPS) is 18.6. The molecule has 4 aromatic rings. The van der Waals surface area contributed by atoms with Crippen LogP contribution in [0.5, 0.6) is 0 Å². The lowest BCUT2D eigenvalue weighted by molar-refractivity contribution is -0.254. The number of fused-ring (bicyclic) bond motifs is 1. The summed E-state index contributed by atoms with van der Waals surface area (Å²) < 4.78 is 106. The van der Waals surface area contributed by atoms with Gasteiger partial charge in [-0.2, -0.15) is 26.3 Å². The van der Waals surface area contributed by atoms with Gasteiger partial charge in [0, 0.05) is 50.1 Å². The number of rotatable bonds is 3. The van der Waals surface area contributed by atoms with Gasteiger partial charge in [0.2, 0.25) is 0 Å². The van der Waals surface area contributed by atoms with Crippen LogP contribution in [0.15, 0.2) is 54.6 Å². The van der Waals surface area contributed by atoms with Gasteiger partial charge in [0.15, 0.2) is 0 Å². The lowest BCUT2D eigenvalue weighted by Gasteiger charge is -2.25. The minimum atomic E-state index is -5.65. The first-order valence-electron chi connectivity index (χ1n) is 10.6. The average molecular weight is 509 g/mol. The Morgan fingerprint density at radius 1 is 0.800 bits per heavy atom. The molecule has 0 atom stereocenters. The third-order valence-electron chi connectivity index (χ3n) is 6.61. The highest BCUT2D eigenvalue weighted by Crippen LogP contribution is 2.66. The van der Waals surface area contributed by atoms with Gasteiger partial charge in [0.05, 0.1) is 0 Å². The number of aromatic nitrogens is 1. The van der Waals surface area contributed by atoms with E-state index in [0.717, 1.165) is 23.5 Å². The van der Waals surface area contributed by atoms with Crippen molar-refractivity contribution in [1.82, 2.24) is 4.57 Å². The first-order valence-corrected chi connectivity index (χ1v) is 11.4. The Morgan fingerprint density at radius 3 is 2.14 bits per heavy atom. The predicted molar refractivity (Wildman–Crippen MR) is 124 cm³/mol. The highest BCUT2D eigenvalue weighted by atomic mass is 32.1. The van der Waals surface area contributed by atoms with Crippen LogP contribution < -0.4 is 0 Å². The van der Waals surface area contributed by atoms with Crippen LogP contribution in [-0.2, 0) is 7.05 Å². The SMILES string of the molecule is Cc1sc(-c2cccc(F)c2)cc1C1=C(c2c(C)n(C)c3ccccc23)C(F)(F)C(F)(F)C1(F)F. The van der Waals surface area contributed by atoms with E-state index >= 15 is 17.6 Å². The molecule has 2 aromatic heterocycles. The third-order valence-corrected chi connectivity index (χ3v) is 7.71. The number of hydrogen-bond donors (Lipinski definition) is 0. The summed E-state index contributed by atoms with van der Waals surface area (Å²) in [6, 6.07) is 12.7. The van der Waals surface area contributed by atoms with E-state index in [0.29, 0.717) is 16.0 Å². The van der Waals surface area contributed by atoms with E-state index < -0.39 is 40.3 Å². The summed E-state index contributed by atoms with van der Waals surface area (Å²) in [5.74, 6) is -16.5. The van der Waals surface area contributed by atoms with Crippen LogP contribution >= 0.6 is 11.3 Å². The number of nitrogens with zero attached hydrogens (tertiary/aromatic N) is 1. The molecule has 0 saturated carbocycles. The molecule has 5 rings (SSSR count). The van der Waals surface area contributed by atoms with Crippen LogP contribution in [0.25, 0.3) is 32.5 Å². The molecule has 182 valence electrons. The molecule has 0 fully saturated rings. The van der Waals surface area contributed by atoms with Gasteiger partial charge >= 0.3 is 17.8 Å². The van der Waals surface area contributed by atoms with Gasteiger partial charge < -0.3 is 4.57 Å². The minimum Gasteiger partial charge on any atom is -0.347 e. The van der Waals surface area contributed by atoms with Gasteiger partial charge in [0.1, 0.15) is 5.82 Å². The van der Waals surface area contributed by atoms with Crippen LogP contribution in [0.2, 0.25) is 0 Å². The summed E-state index contributed by atoms with van der Waals surface area (Å²) in [6.45, 7) is 2.83. The lowest BCUT2D eigenvalue weighted by Crippen LogP contribution is -2.48. The Morgan fingerprint density at radius 2 is 1.46 bits per heavy atom. The molecular weight excluding hydrogens is 491 g/mol. The Hall–Kier alpha value is -3.07. The maximum absolute atomic E-state index is 15.4. The highest BCUT2D eigenvalue weighted by molar-refractivity contribution is 7.15. The van der Waals surface area contributed by atoms with Gasteiger partial charge in [-0.15, -0.1) is 11.3 Å². The van der Waals surface area contributed by atoms with Crippen molar-refractivity contribution < 1.29 is 30.7 Å². The zero-order valence-electron chi connectivity index (χ0n) is 18.7. The molecule has 0 amide bonds. The molecule has 1 nitrogen and oxygen atoms in total. The van der Waals surface area contributed by atoms with Crippen molar-refractivity contribution in [3.8, 4) is 10.4 Å². The molecule has 0 radical (unpaired) electrons. The van der Waals surface area contributed by atoms with E-state index in [-0.39, 0.29) is 21.5 Å². The number of aryl methyl sites for hydroxylation is 2. The molecule has 0 saturated heterocycles. The number of halogens is 7. The Bertz CT molecular complexity index is 1520. The van der Waals surface area contributed by atoms with Crippen LogP contribution in [0.4, 0.5) is 30.7 Å². The number of benzene rings is 2. The van der Waals surface area contributed by atoms with Crippen molar-refractivity contribution in [2.24, 2.45) is 7.05 Å². The standard InChI is InChI=1S/C26H18F7NS/c1-13-21(17-9-4-5-10-19(17)34(13)3)23-22(24(28,29)26(32,33)25(23,30)31)18-12-20(35-14(18)2)15-7-6-8-16(27)11-15/h4-12H,1-3H3. The zero-order valence-corrected chi connectivity index (χ0v) is 19.5. The number of hydrogen-bond acceptors (Lipinski definition) is 1. The molecule has 2 aromatic carbocycles. The van der Waals surface area contributed by atoms with Gasteiger partial charge in [-0.25, -0.2) is 4.39 Å². The van der Waals surface area contributed by atoms with Crippen molar-refractivity contribution in [2.75, 3.05) is 0 Å². The van der Waals surface area contributed by atoms with Crippen molar-refractivity contribution in [3.63, 3.8) is 0 Å². The van der Waals surface area contributed by atoms with Crippen molar-refractivity contribution in [1.29, 1.82) is 0 Å². The number of para-hydroxylation sites is 1. The number of alkyl halides is 6. The lowest BCUT2D eigenvalue weighted by atomic mass is 9.93. The zero-order chi connectivity index (χ0) is 25.5. The minimum absolute atomic E-state index is 0.142. The Balaban J connectivity index is 1.89. The topological polar surface area (TPSA) is 4.93 Å². The molecule has 0 unspecified atom stereocenters. The van der Waals surface area contributed by atoms with Crippen molar-refractivity contribution >= 4 is 33.4 Å². The highest BCUT2D eigenvalue weighted by Gasteiger charge is 2.80. The largest absolute Gasteiger partial charge is 0.380 e. The number of thiophene rings is 1. The molecule has 1 aliphatic rings. The summed E-state index contributed by atoms with van der Waals surface area (Å²) in [5, 5.41) is 0.173.